The van der Waals surface area contributed by atoms with E-state index in [1.165, 1.54) is 9.75 Å². The molecular weight excluding hydrogens is 286 g/mol. The van der Waals surface area contributed by atoms with Crippen molar-refractivity contribution in [2.24, 2.45) is 0 Å². The minimum atomic E-state index is 0.453. The monoisotopic (exact) mass is 309 g/mol. The Labute approximate surface area is 129 Å². The molecule has 5 heteroatoms. The van der Waals surface area contributed by atoms with Crippen molar-refractivity contribution in [2.45, 2.75) is 52.9 Å². The molecule has 0 saturated carbocycles. The lowest BCUT2D eigenvalue weighted by Gasteiger charge is -2.25. The van der Waals surface area contributed by atoms with Gasteiger partial charge in [-0.1, -0.05) is 19.9 Å². The molecule has 2 aromatic heterocycles. The van der Waals surface area contributed by atoms with Crippen LogP contribution >= 0.6 is 22.7 Å². The average molecular weight is 310 g/mol. The lowest BCUT2D eigenvalue weighted by Crippen LogP contribution is -2.29. The first-order chi connectivity index (χ1) is 9.56. The molecule has 0 fully saturated rings. The first-order valence-corrected chi connectivity index (χ1v) is 8.73. The minimum Gasteiger partial charge on any atom is -0.341 e. The van der Waals surface area contributed by atoms with Gasteiger partial charge in [0.1, 0.15) is 0 Å². The molecule has 0 aliphatic rings. The fourth-order valence-corrected chi connectivity index (χ4v) is 3.55. The van der Waals surface area contributed by atoms with E-state index >= 15 is 0 Å². The van der Waals surface area contributed by atoms with Gasteiger partial charge in [-0.15, -0.1) is 22.7 Å². The van der Waals surface area contributed by atoms with Crippen molar-refractivity contribution in [1.82, 2.24) is 10.3 Å². The van der Waals surface area contributed by atoms with E-state index in [0.29, 0.717) is 12.1 Å². The Morgan fingerprint density at radius 2 is 2.05 bits per heavy atom. The summed E-state index contributed by atoms with van der Waals surface area (Å²) in [6.07, 6.45) is 2.00. The highest BCUT2D eigenvalue weighted by molar-refractivity contribution is 7.15. The summed E-state index contributed by atoms with van der Waals surface area (Å²) in [7, 11) is 0. The molecule has 0 unspecified atom stereocenters. The van der Waals surface area contributed by atoms with E-state index in [-0.39, 0.29) is 0 Å². The van der Waals surface area contributed by atoms with Crippen molar-refractivity contribution in [3.63, 3.8) is 0 Å². The van der Waals surface area contributed by atoms with E-state index in [4.69, 9.17) is 0 Å². The molecule has 20 heavy (non-hydrogen) atoms. The largest absolute Gasteiger partial charge is 0.341 e. The standard InChI is InChI=1S/C15H23N3S2/c1-11(2)16-8-14-9-17-15(20-14)18(12(3)4)10-13-6-5-7-19-13/h5-7,9,11-12,16H,8,10H2,1-4H3. The summed E-state index contributed by atoms with van der Waals surface area (Å²) in [6.45, 7) is 10.6. The molecule has 3 nitrogen and oxygen atoms in total. The Morgan fingerprint density at radius 1 is 1.25 bits per heavy atom. The molecule has 0 aliphatic heterocycles. The quantitative estimate of drug-likeness (QED) is 0.834. The molecule has 0 spiro atoms. The molecule has 2 aromatic rings. The molecular formula is C15H23N3S2. The van der Waals surface area contributed by atoms with Crippen molar-refractivity contribution >= 4 is 27.8 Å². The maximum atomic E-state index is 4.61. The van der Waals surface area contributed by atoms with Gasteiger partial charge < -0.3 is 10.2 Å². The second-order valence-corrected chi connectivity index (χ2v) is 7.57. The van der Waals surface area contributed by atoms with Crippen LogP contribution in [-0.2, 0) is 13.1 Å². The van der Waals surface area contributed by atoms with E-state index in [9.17, 15) is 0 Å². The maximum Gasteiger partial charge on any atom is 0.186 e. The summed E-state index contributed by atoms with van der Waals surface area (Å²) in [4.78, 5) is 9.66. The molecule has 110 valence electrons. The van der Waals surface area contributed by atoms with Crippen LogP contribution in [0.2, 0.25) is 0 Å². The topological polar surface area (TPSA) is 28.2 Å². The second-order valence-electron chi connectivity index (χ2n) is 5.45. The normalized spacial score (nSPS) is 11.5. The van der Waals surface area contributed by atoms with Crippen LogP contribution in [0.15, 0.2) is 23.7 Å². The Hall–Kier alpha value is -0.910. The summed E-state index contributed by atoms with van der Waals surface area (Å²) in [5.41, 5.74) is 0. The molecule has 0 aliphatic carbocycles. The molecule has 1 N–H and O–H groups in total. The van der Waals surface area contributed by atoms with Gasteiger partial charge in [0.15, 0.2) is 5.13 Å². The van der Waals surface area contributed by atoms with E-state index < -0.39 is 0 Å². The van der Waals surface area contributed by atoms with Crippen LogP contribution in [0.25, 0.3) is 0 Å². The predicted molar refractivity (Wildman–Crippen MR) is 89.7 cm³/mol. The number of nitrogens with zero attached hydrogens (tertiary/aromatic N) is 2. The summed E-state index contributed by atoms with van der Waals surface area (Å²) in [6, 6.07) is 5.26. The van der Waals surface area contributed by atoms with Gasteiger partial charge in [0, 0.05) is 34.6 Å². The molecule has 0 bridgehead atoms. The Balaban J connectivity index is 2.05. The molecule has 2 heterocycles. The second kappa shape index (κ2) is 7.20. The number of thiophene rings is 1. The smallest absolute Gasteiger partial charge is 0.186 e. The van der Waals surface area contributed by atoms with Gasteiger partial charge in [-0.2, -0.15) is 0 Å². The highest BCUT2D eigenvalue weighted by Crippen LogP contribution is 2.27. The van der Waals surface area contributed by atoms with Crippen molar-refractivity contribution in [3.05, 3.63) is 33.5 Å². The molecule has 0 aromatic carbocycles. The number of rotatable bonds is 7. The van der Waals surface area contributed by atoms with E-state index in [1.54, 1.807) is 11.3 Å². The lowest BCUT2D eigenvalue weighted by molar-refractivity contribution is 0.593. The van der Waals surface area contributed by atoms with Crippen LogP contribution in [0.5, 0.6) is 0 Å². The third-order valence-electron chi connectivity index (χ3n) is 3.00. The van der Waals surface area contributed by atoms with Crippen molar-refractivity contribution < 1.29 is 0 Å². The van der Waals surface area contributed by atoms with Crippen molar-refractivity contribution in [3.8, 4) is 0 Å². The van der Waals surface area contributed by atoms with Crippen LogP contribution in [0, 0.1) is 0 Å². The first kappa shape index (κ1) is 15.5. The average Bonchev–Trinajstić information content (AvgIpc) is 3.04. The highest BCUT2D eigenvalue weighted by atomic mass is 32.1. The zero-order valence-corrected chi connectivity index (χ0v) is 14.2. The highest BCUT2D eigenvalue weighted by Gasteiger charge is 2.15. The van der Waals surface area contributed by atoms with Crippen molar-refractivity contribution in [1.29, 1.82) is 0 Å². The third-order valence-corrected chi connectivity index (χ3v) is 4.90. The van der Waals surface area contributed by atoms with Crippen LogP contribution in [0.3, 0.4) is 0 Å². The number of hydrogen-bond donors (Lipinski definition) is 1. The summed E-state index contributed by atoms with van der Waals surface area (Å²) >= 11 is 3.60. The number of nitrogens with one attached hydrogen (secondary N) is 1. The minimum absolute atomic E-state index is 0.453. The third kappa shape index (κ3) is 4.30. The van der Waals surface area contributed by atoms with Gasteiger partial charge in [0.25, 0.3) is 0 Å². The molecule has 0 atom stereocenters. The van der Waals surface area contributed by atoms with E-state index in [0.717, 1.165) is 18.2 Å². The van der Waals surface area contributed by atoms with Crippen LogP contribution in [-0.4, -0.2) is 17.1 Å². The Morgan fingerprint density at radius 3 is 2.65 bits per heavy atom. The SMILES string of the molecule is CC(C)NCc1cnc(N(Cc2cccs2)C(C)C)s1. The summed E-state index contributed by atoms with van der Waals surface area (Å²) in [5.74, 6) is 0. The molecule has 0 saturated heterocycles. The number of hydrogen-bond acceptors (Lipinski definition) is 5. The molecule has 0 radical (unpaired) electrons. The molecule has 0 amide bonds. The predicted octanol–water partition coefficient (Wildman–Crippen LogP) is 4.12. The zero-order valence-electron chi connectivity index (χ0n) is 12.6. The molecule has 2 rings (SSSR count). The van der Waals surface area contributed by atoms with Gasteiger partial charge in [0.2, 0.25) is 0 Å². The number of anilines is 1. The Kier molecular flexibility index (Phi) is 5.57. The van der Waals surface area contributed by atoms with E-state index in [1.807, 2.05) is 17.5 Å². The van der Waals surface area contributed by atoms with Crippen LogP contribution in [0.1, 0.15) is 37.4 Å². The van der Waals surface area contributed by atoms with Gasteiger partial charge in [-0.05, 0) is 25.3 Å². The first-order valence-electron chi connectivity index (χ1n) is 7.03. The van der Waals surface area contributed by atoms with Gasteiger partial charge in [-0.25, -0.2) is 4.98 Å². The van der Waals surface area contributed by atoms with Crippen molar-refractivity contribution in [2.75, 3.05) is 4.90 Å². The van der Waals surface area contributed by atoms with Gasteiger partial charge in [-0.3, -0.25) is 0 Å². The van der Waals surface area contributed by atoms with Crippen LogP contribution < -0.4 is 10.2 Å². The summed E-state index contributed by atoms with van der Waals surface area (Å²) < 4.78 is 0. The van der Waals surface area contributed by atoms with E-state index in [2.05, 4.69) is 60.4 Å². The van der Waals surface area contributed by atoms with Gasteiger partial charge >= 0.3 is 0 Å². The fraction of sp³-hybridized carbons (Fsp3) is 0.533. The maximum absolute atomic E-state index is 4.61. The Bertz CT molecular complexity index is 503. The fourth-order valence-electron chi connectivity index (χ4n) is 1.86. The zero-order chi connectivity index (χ0) is 14.5. The number of aromatic nitrogens is 1. The lowest BCUT2D eigenvalue weighted by atomic mass is 10.3. The van der Waals surface area contributed by atoms with Gasteiger partial charge in [0.05, 0.1) is 6.54 Å². The number of thiazole rings is 1. The van der Waals surface area contributed by atoms with Crippen LogP contribution in [0.4, 0.5) is 5.13 Å². The summed E-state index contributed by atoms with van der Waals surface area (Å²) in [5, 5.41) is 6.69.